The average Bonchev–Trinajstić information content (AvgIpc) is 2.47. The highest BCUT2D eigenvalue weighted by molar-refractivity contribution is 4.91. The van der Waals surface area contributed by atoms with E-state index in [4.69, 9.17) is 0 Å². The summed E-state index contributed by atoms with van der Waals surface area (Å²) in [5, 5.41) is 0. The van der Waals surface area contributed by atoms with Crippen LogP contribution >= 0.6 is 0 Å². The van der Waals surface area contributed by atoms with E-state index < -0.39 is 24.6 Å². The number of aryl methyl sites for hydroxylation is 1. The summed E-state index contributed by atoms with van der Waals surface area (Å²) >= 11 is 0. The Morgan fingerprint density at radius 3 is 1.94 bits per heavy atom. The third kappa shape index (κ3) is 2.52. The summed E-state index contributed by atoms with van der Waals surface area (Å²) in [5.41, 5.74) is 0. The lowest BCUT2D eigenvalue weighted by molar-refractivity contribution is -0.671. The Morgan fingerprint density at radius 2 is 1.59 bits per heavy atom. The summed E-state index contributed by atoms with van der Waals surface area (Å²) in [5.74, 6) is -11.3. The maximum atomic E-state index is 12.9. The normalized spacial score (nSPS) is 14.1. The lowest BCUT2D eigenvalue weighted by Gasteiger charge is -2.26. The van der Waals surface area contributed by atoms with Gasteiger partial charge in [0, 0.05) is 0 Å². The highest BCUT2D eigenvalue weighted by Crippen LogP contribution is 2.47. The van der Waals surface area contributed by atoms with E-state index in [1.165, 1.54) is 17.8 Å². The van der Waals surface area contributed by atoms with Gasteiger partial charge in [-0.05, 0) is 0 Å². The van der Waals surface area contributed by atoms with Gasteiger partial charge in [0.25, 0.3) is 0 Å². The van der Waals surface area contributed by atoms with E-state index in [0.717, 1.165) is 12.5 Å². The fraction of sp³-hybridized carbons (Fsp3) is 0.625. The quantitative estimate of drug-likeness (QED) is 0.585. The molecule has 0 bridgehead atoms. The summed E-state index contributed by atoms with van der Waals surface area (Å²) < 4.78 is 88.0. The molecule has 0 unspecified atom stereocenters. The van der Waals surface area contributed by atoms with Crippen LogP contribution in [0.1, 0.15) is 0 Å². The zero-order chi connectivity index (χ0) is 13.5. The second kappa shape index (κ2) is 3.88. The van der Waals surface area contributed by atoms with E-state index in [1.807, 2.05) is 0 Å². The number of imidazole rings is 1. The Bertz CT molecular complexity index is 393. The first kappa shape index (κ1) is 13.8. The smallest absolute Gasteiger partial charge is 0.240 e. The molecule has 1 rings (SSSR count). The van der Waals surface area contributed by atoms with Crippen molar-refractivity contribution in [1.29, 1.82) is 0 Å². The van der Waals surface area contributed by atoms with Gasteiger partial charge in [-0.15, -0.1) is 0 Å². The van der Waals surface area contributed by atoms with Crippen LogP contribution in [0.2, 0.25) is 0 Å². The van der Waals surface area contributed by atoms with E-state index in [0.29, 0.717) is 4.57 Å². The average molecular weight is 265 g/mol. The number of alkyl halides is 7. The minimum atomic E-state index is -6.29. The van der Waals surface area contributed by atoms with Crippen LogP contribution in [0.5, 0.6) is 0 Å². The van der Waals surface area contributed by atoms with Crippen molar-refractivity contribution in [3.05, 3.63) is 18.7 Å². The highest BCUT2D eigenvalue weighted by Gasteiger charge is 2.73. The summed E-state index contributed by atoms with van der Waals surface area (Å²) in [7, 11) is 1.41. The molecule has 0 spiro atoms. The van der Waals surface area contributed by atoms with Crippen molar-refractivity contribution in [3.63, 3.8) is 0 Å². The summed E-state index contributed by atoms with van der Waals surface area (Å²) in [6.45, 7) is -1.75. The molecule has 0 saturated heterocycles. The molecule has 0 aliphatic heterocycles. The minimum absolute atomic E-state index is 0.555. The molecule has 2 nitrogen and oxygen atoms in total. The Morgan fingerprint density at radius 1 is 1.06 bits per heavy atom. The molecule has 98 valence electrons. The first-order valence-corrected chi connectivity index (χ1v) is 4.31. The Labute approximate surface area is 91.3 Å². The van der Waals surface area contributed by atoms with Crippen molar-refractivity contribution in [2.75, 3.05) is 0 Å². The Kier molecular flexibility index (Phi) is 3.15. The van der Waals surface area contributed by atoms with Gasteiger partial charge in [-0.3, -0.25) is 0 Å². The second-order valence-electron chi connectivity index (χ2n) is 3.53. The molecular weight excluding hydrogens is 257 g/mol. The third-order valence-corrected chi connectivity index (χ3v) is 2.02. The lowest BCUT2D eigenvalue weighted by atomic mass is 10.1. The number of nitrogens with zero attached hydrogens (tertiary/aromatic N) is 2. The van der Waals surface area contributed by atoms with Crippen molar-refractivity contribution in [1.82, 2.24) is 4.57 Å². The molecule has 0 aromatic carbocycles. The molecule has 0 N–H and O–H groups in total. The van der Waals surface area contributed by atoms with Crippen molar-refractivity contribution < 1.29 is 35.3 Å². The first-order chi connectivity index (χ1) is 7.47. The predicted octanol–water partition coefficient (Wildman–Crippen LogP) is 2.15. The molecule has 0 radical (unpaired) electrons. The van der Waals surface area contributed by atoms with E-state index in [1.54, 1.807) is 0 Å². The van der Waals surface area contributed by atoms with Crippen LogP contribution < -0.4 is 4.57 Å². The molecule has 0 amide bonds. The van der Waals surface area contributed by atoms with Gasteiger partial charge in [0.2, 0.25) is 6.33 Å². The highest BCUT2D eigenvalue weighted by atomic mass is 19.4. The van der Waals surface area contributed by atoms with Crippen molar-refractivity contribution >= 4 is 0 Å². The fourth-order valence-electron chi connectivity index (χ4n) is 1.13. The predicted molar refractivity (Wildman–Crippen MR) is 41.6 cm³/mol. The minimum Gasteiger partial charge on any atom is -0.240 e. The summed E-state index contributed by atoms with van der Waals surface area (Å²) in [6.07, 6.45) is -3.10. The van der Waals surface area contributed by atoms with Crippen LogP contribution in [0.3, 0.4) is 0 Å². The van der Waals surface area contributed by atoms with Gasteiger partial charge >= 0.3 is 18.0 Å². The Balaban J connectivity index is 2.95. The Hall–Kier alpha value is -1.28. The maximum Gasteiger partial charge on any atom is 0.460 e. The van der Waals surface area contributed by atoms with E-state index >= 15 is 0 Å². The monoisotopic (exact) mass is 265 g/mol. The fourth-order valence-corrected chi connectivity index (χ4v) is 1.13. The van der Waals surface area contributed by atoms with Crippen LogP contribution in [-0.2, 0) is 13.6 Å². The summed E-state index contributed by atoms with van der Waals surface area (Å²) in [6, 6.07) is 0. The molecule has 0 atom stereocenters. The van der Waals surface area contributed by atoms with Crippen molar-refractivity contribution in [2.45, 2.75) is 24.6 Å². The van der Waals surface area contributed by atoms with Crippen LogP contribution in [0.15, 0.2) is 18.7 Å². The maximum absolute atomic E-state index is 12.9. The first-order valence-electron chi connectivity index (χ1n) is 4.31. The second-order valence-corrected chi connectivity index (χ2v) is 3.53. The van der Waals surface area contributed by atoms with Crippen molar-refractivity contribution in [2.24, 2.45) is 7.05 Å². The van der Waals surface area contributed by atoms with Crippen molar-refractivity contribution in [3.8, 4) is 0 Å². The van der Waals surface area contributed by atoms with Gasteiger partial charge in [-0.2, -0.15) is 30.7 Å². The van der Waals surface area contributed by atoms with Crippen LogP contribution in [0, 0.1) is 0 Å². The van der Waals surface area contributed by atoms with Gasteiger partial charge < -0.3 is 0 Å². The number of aromatic nitrogens is 2. The number of halogens is 7. The van der Waals surface area contributed by atoms with Crippen LogP contribution in [0.25, 0.3) is 0 Å². The van der Waals surface area contributed by atoms with Crippen LogP contribution in [0.4, 0.5) is 30.7 Å². The molecule has 1 heterocycles. The molecule has 17 heavy (non-hydrogen) atoms. The largest absolute Gasteiger partial charge is 0.460 e. The standard InChI is InChI=1S/C8H8F7N2/c1-16-2-3-17(5-16)4-6(9,10)7(11,12)8(13,14)15/h2-3,5H,4H2,1H3/q+1. The van der Waals surface area contributed by atoms with E-state index in [-0.39, 0.29) is 0 Å². The molecule has 0 saturated carbocycles. The van der Waals surface area contributed by atoms with Gasteiger partial charge in [0.05, 0.1) is 7.05 Å². The lowest BCUT2D eigenvalue weighted by Crippen LogP contribution is -2.53. The zero-order valence-electron chi connectivity index (χ0n) is 8.48. The molecule has 0 aliphatic carbocycles. The van der Waals surface area contributed by atoms with Gasteiger partial charge in [0.15, 0.2) is 6.54 Å². The molecule has 0 aliphatic rings. The van der Waals surface area contributed by atoms with Gasteiger partial charge in [0.1, 0.15) is 12.4 Å². The SMILES string of the molecule is C[n+]1ccn(CC(F)(F)C(F)(F)C(F)(F)F)c1. The number of hydrogen-bond acceptors (Lipinski definition) is 0. The van der Waals surface area contributed by atoms with E-state index in [2.05, 4.69) is 0 Å². The number of rotatable bonds is 3. The molecule has 1 aromatic heterocycles. The van der Waals surface area contributed by atoms with Gasteiger partial charge in [-0.1, -0.05) is 0 Å². The zero-order valence-corrected chi connectivity index (χ0v) is 8.48. The topological polar surface area (TPSA) is 8.81 Å². The number of hydrogen-bond donors (Lipinski definition) is 0. The van der Waals surface area contributed by atoms with Gasteiger partial charge in [-0.25, -0.2) is 9.13 Å². The molecule has 1 aromatic rings. The van der Waals surface area contributed by atoms with Crippen LogP contribution in [-0.4, -0.2) is 22.6 Å². The molecular formula is C8H8F7N2+. The van der Waals surface area contributed by atoms with E-state index in [9.17, 15) is 30.7 Å². The summed E-state index contributed by atoms with van der Waals surface area (Å²) in [4.78, 5) is 0. The molecule has 9 heteroatoms. The molecule has 0 fully saturated rings. The third-order valence-electron chi connectivity index (χ3n) is 2.02.